The van der Waals surface area contributed by atoms with Crippen LogP contribution in [0.15, 0.2) is 60.9 Å². The van der Waals surface area contributed by atoms with Crippen molar-refractivity contribution in [2.45, 2.75) is 20.1 Å². The molecular weight excluding hydrogens is 517 g/mol. The van der Waals surface area contributed by atoms with E-state index in [0.29, 0.717) is 12.6 Å². The number of pyridine rings is 1. The molecule has 0 aliphatic carbocycles. The SMILES string of the molecule is Cc1c(COc2cc(O)c(C=O)cc2Cl)cccc1-c1cncc(COc2cc(O)c(C=O)cc2Cl)c1. The summed E-state index contributed by atoms with van der Waals surface area (Å²) in [6.45, 7) is 2.29. The third-order valence-electron chi connectivity index (χ3n) is 5.75. The van der Waals surface area contributed by atoms with Crippen LogP contribution in [0.5, 0.6) is 23.0 Å². The molecule has 0 saturated carbocycles. The molecule has 1 aromatic heterocycles. The van der Waals surface area contributed by atoms with Gasteiger partial charge in [-0.2, -0.15) is 0 Å². The molecule has 0 radical (unpaired) electrons. The van der Waals surface area contributed by atoms with Gasteiger partial charge in [-0.05, 0) is 41.8 Å². The normalized spacial score (nSPS) is 10.7. The fourth-order valence-corrected chi connectivity index (χ4v) is 4.16. The van der Waals surface area contributed by atoms with Gasteiger partial charge in [-0.1, -0.05) is 41.4 Å². The Hall–Kier alpha value is -4.07. The van der Waals surface area contributed by atoms with Gasteiger partial charge in [0.1, 0.15) is 36.2 Å². The number of carbonyl (C=O) groups excluding carboxylic acids is 2. The zero-order chi connectivity index (χ0) is 26.5. The van der Waals surface area contributed by atoms with Crippen molar-refractivity contribution in [3.05, 3.63) is 98.8 Å². The highest BCUT2D eigenvalue weighted by molar-refractivity contribution is 6.32. The summed E-state index contributed by atoms with van der Waals surface area (Å²) in [6, 6.07) is 13.0. The van der Waals surface area contributed by atoms with E-state index in [4.69, 9.17) is 32.7 Å². The number of rotatable bonds is 9. The van der Waals surface area contributed by atoms with Crippen LogP contribution in [0, 0.1) is 6.92 Å². The first-order chi connectivity index (χ1) is 17.8. The molecule has 7 nitrogen and oxygen atoms in total. The largest absolute Gasteiger partial charge is 0.507 e. The summed E-state index contributed by atoms with van der Waals surface area (Å²) in [5.74, 6) is 0.0888. The van der Waals surface area contributed by atoms with E-state index >= 15 is 0 Å². The third-order valence-corrected chi connectivity index (χ3v) is 6.34. The van der Waals surface area contributed by atoms with Crippen LogP contribution in [0.3, 0.4) is 0 Å². The number of benzene rings is 3. The molecule has 0 aliphatic rings. The highest BCUT2D eigenvalue weighted by atomic mass is 35.5. The van der Waals surface area contributed by atoms with Gasteiger partial charge in [-0.15, -0.1) is 0 Å². The van der Waals surface area contributed by atoms with Crippen molar-refractivity contribution >= 4 is 35.8 Å². The highest BCUT2D eigenvalue weighted by Gasteiger charge is 2.13. The van der Waals surface area contributed by atoms with Crippen molar-refractivity contribution in [2.75, 3.05) is 0 Å². The van der Waals surface area contributed by atoms with Crippen LogP contribution in [-0.4, -0.2) is 27.8 Å². The lowest BCUT2D eigenvalue weighted by Crippen LogP contribution is -2.01. The van der Waals surface area contributed by atoms with Gasteiger partial charge in [0, 0.05) is 35.7 Å². The van der Waals surface area contributed by atoms with E-state index in [1.165, 1.54) is 24.3 Å². The molecule has 0 spiro atoms. The summed E-state index contributed by atoms with van der Waals surface area (Å²) < 4.78 is 11.6. The number of ether oxygens (including phenoxy) is 2. The predicted octanol–water partition coefficient (Wildman–Crippen LogP) is 6.56. The van der Waals surface area contributed by atoms with Crippen molar-refractivity contribution in [1.29, 1.82) is 0 Å². The molecule has 188 valence electrons. The van der Waals surface area contributed by atoms with Gasteiger partial charge in [0.05, 0.1) is 21.2 Å². The molecule has 1 heterocycles. The van der Waals surface area contributed by atoms with Gasteiger partial charge in [0.25, 0.3) is 0 Å². The summed E-state index contributed by atoms with van der Waals surface area (Å²) in [7, 11) is 0. The standard InChI is InChI=1S/C28H21Cl2NO6/c1-16-18(15-37-28-9-26(35)21(13-33)7-24(28)30)3-2-4-22(16)19-5-17(10-31-11-19)14-36-27-8-25(34)20(12-32)6-23(27)29/h2-13,34-35H,14-15H2,1H3. The van der Waals surface area contributed by atoms with Crippen molar-refractivity contribution < 1.29 is 29.3 Å². The van der Waals surface area contributed by atoms with E-state index in [0.717, 1.165) is 27.8 Å². The molecule has 0 amide bonds. The second kappa shape index (κ2) is 11.3. The second-order valence-electron chi connectivity index (χ2n) is 8.17. The summed E-state index contributed by atoms with van der Waals surface area (Å²) >= 11 is 12.3. The number of phenolic OH excluding ortho intramolecular Hbond substituents is 2. The van der Waals surface area contributed by atoms with Crippen LogP contribution >= 0.6 is 23.2 Å². The number of phenols is 2. The van der Waals surface area contributed by atoms with Gasteiger partial charge < -0.3 is 19.7 Å². The maximum absolute atomic E-state index is 11.0. The van der Waals surface area contributed by atoms with Gasteiger partial charge in [-0.3, -0.25) is 14.6 Å². The molecular formula is C28H21Cl2NO6. The van der Waals surface area contributed by atoms with Crippen LogP contribution in [0.25, 0.3) is 11.1 Å². The Morgan fingerprint density at radius 3 is 2.03 bits per heavy atom. The fraction of sp³-hybridized carbons (Fsp3) is 0.107. The lowest BCUT2D eigenvalue weighted by Gasteiger charge is -2.15. The first kappa shape index (κ1) is 26.0. The number of aromatic nitrogens is 1. The predicted molar refractivity (Wildman–Crippen MR) is 140 cm³/mol. The van der Waals surface area contributed by atoms with E-state index in [-0.39, 0.29) is 57.4 Å². The van der Waals surface area contributed by atoms with Crippen molar-refractivity contribution in [3.63, 3.8) is 0 Å². The molecule has 37 heavy (non-hydrogen) atoms. The van der Waals surface area contributed by atoms with E-state index in [1.54, 1.807) is 12.4 Å². The topological polar surface area (TPSA) is 106 Å². The average Bonchev–Trinajstić information content (AvgIpc) is 2.90. The van der Waals surface area contributed by atoms with Gasteiger partial charge >= 0.3 is 0 Å². The van der Waals surface area contributed by atoms with Crippen molar-refractivity contribution in [2.24, 2.45) is 0 Å². The Morgan fingerprint density at radius 2 is 1.43 bits per heavy atom. The summed E-state index contributed by atoms with van der Waals surface area (Å²) in [4.78, 5) is 26.3. The first-order valence-electron chi connectivity index (χ1n) is 11.0. The minimum atomic E-state index is -0.216. The second-order valence-corrected chi connectivity index (χ2v) is 8.98. The van der Waals surface area contributed by atoms with Crippen LogP contribution < -0.4 is 9.47 Å². The van der Waals surface area contributed by atoms with E-state index in [9.17, 15) is 19.8 Å². The number of carbonyl (C=O) groups is 2. The van der Waals surface area contributed by atoms with Crippen LogP contribution in [0.4, 0.5) is 0 Å². The number of hydrogen-bond donors (Lipinski definition) is 2. The van der Waals surface area contributed by atoms with Crippen molar-refractivity contribution in [1.82, 2.24) is 4.98 Å². The van der Waals surface area contributed by atoms with Gasteiger partial charge in [0.15, 0.2) is 12.6 Å². The number of aldehydes is 2. The Bertz CT molecular complexity index is 1490. The first-order valence-corrected chi connectivity index (χ1v) is 11.8. The molecule has 4 rings (SSSR count). The van der Waals surface area contributed by atoms with Gasteiger partial charge in [0.2, 0.25) is 0 Å². The Morgan fingerprint density at radius 1 is 0.838 bits per heavy atom. The summed E-state index contributed by atoms with van der Waals surface area (Å²) in [5.41, 5.74) is 4.59. The number of hydrogen-bond acceptors (Lipinski definition) is 7. The van der Waals surface area contributed by atoms with E-state index in [2.05, 4.69) is 4.98 Å². The summed E-state index contributed by atoms with van der Waals surface area (Å²) in [5, 5.41) is 20.3. The van der Waals surface area contributed by atoms with Crippen LogP contribution in [0.2, 0.25) is 10.0 Å². The number of halogens is 2. The third kappa shape index (κ3) is 5.85. The zero-order valence-electron chi connectivity index (χ0n) is 19.6. The molecule has 0 aliphatic heterocycles. The molecule has 0 saturated heterocycles. The Labute approximate surface area is 222 Å². The fourth-order valence-electron chi connectivity index (χ4n) is 3.71. The maximum atomic E-state index is 11.0. The molecule has 0 atom stereocenters. The zero-order valence-corrected chi connectivity index (χ0v) is 21.1. The quantitative estimate of drug-likeness (QED) is 0.233. The maximum Gasteiger partial charge on any atom is 0.153 e. The van der Waals surface area contributed by atoms with Gasteiger partial charge in [-0.25, -0.2) is 0 Å². The number of nitrogens with zero attached hydrogens (tertiary/aromatic N) is 1. The smallest absolute Gasteiger partial charge is 0.153 e. The molecule has 3 aromatic carbocycles. The van der Waals surface area contributed by atoms with Crippen LogP contribution in [0.1, 0.15) is 37.4 Å². The van der Waals surface area contributed by atoms with Crippen molar-refractivity contribution in [3.8, 4) is 34.1 Å². The average molecular weight is 538 g/mol. The Balaban J connectivity index is 1.52. The molecule has 2 N–H and O–H groups in total. The van der Waals surface area contributed by atoms with Crippen LogP contribution in [-0.2, 0) is 13.2 Å². The molecule has 0 bridgehead atoms. The minimum Gasteiger partial charge on any atom is -0.507 e. The number of aromatic hydroxyl groups is 2. The molecule has 0 fully saturated rings. The molecule has 9 heteroatoms. The highest BCUT2D eigenvalue weighted by Crippen LogP contribution is 2.34. The summed E-state index contributed by atoms with van der Waals surface area (Å²) in [6.07, 6.45) is 4.44. The Kier molecular flexibility index (Phi) is 7.96. The van der Waals surface area contributed by atoms with E-state index in [1.807, 2.05) is 31.2 Å². The minimum absolute atomic E-state index is 0.0809. The lowest BCUT2D eigenvalue weighted by molar-refractivity contribution is 0.111. The lowest BCUT2D eigenvalue weighted by atomic mass is 9.97. The molecule has 4 aromatic rings. The monoisotopic (exact) mass is 537 g/mol. The molecule has 0 unspecified atom stereocenters. The van der Waals surface area contributed by atoms with E-state index < -0.39 is 0 Å².